The lowest BCUT2D eigenvalue weighted by molar-refractivity contribution is -0.0672. The van der Waals surface area contributed by atoms with Crippen LogP contribution in [0.15, 0.2) is 24.3 Å². The monoisotopic (exact) mass is 349 g/mol. The Morgan fingerprint density at radius 1 is 1.28 bits per heavy atom. The van der Waals surface area contributed by atoms with E-state index in [-0.39, 0.29) is 30.1 Å². The van der Waals surface area contributed by atoms with Crippen molar-refractivity contribution in [1.82, 2.24) is 15.1 Å². The van der Waals surface area contributed by atoms with Crippen LogP contribution in [0.25, 0.3) is 0 Å². The van der Waals surface area contributed by atoms with Crippen molar-refractivity contribution in [2.45, 2.75) is 51.5 Å². The number of hydrogen-bond donors (Lipinski definition) is 1. The van der Waals surface area contributed by atoms with Gasteiger partial charge in [0.1, 0.15) is 5.82 Å². The SMILES string of the molecule is CC1CN(CCNC(=O)N(Cc2ccccc2F)C2CC2)CC(C)O1. The van der Waals surface area contributed by atoms with Crippen molar-refractivity contribution in [3.8, 4) is 0 Å². The number of nitrogens with one attached hydrogen (secondary N) is 1. The predicted octanol–water partition coefficient (Wildman–Crippen LogP) is 2.61. The van der Waals surface area contributed by atoms with E-state index in [1.807, 2.05) is 6.07 Å². The molecule has 1 aliphatic carbocycles. The minimum Gasteiger partial charge on any atom is -0.373 e. The van der Waals surface area contributed by atoms with Crippen molar-refractivity contribution in [2.24, 2.45) is 0 Å². The Labute approximate surface area is 149 Å². The molecule has 0 radical (unpaired) electrons. The summed E-state index contributed by atoms with van der Waals surface area (Å²) < 4.78 is 19.6. The number of halogens is 1. The lowest BCUT2D eigenvalue weighted by Gasteiger charge is -2.35. The molecular formula is C19H28FN3O2. The Balaban J connectivity index is 1.49. The molecule has 25 heavy (non-hydrogen) atoms. The number of benzene rings is 1. The van der Waals surface area contributed by atoms with Crippen LogP contribution in [0.3, 0.4) is 0 Å². The maximum absolute atomic E-state index is 13.9. The second kappa shape index (κ2) is 8.15. The zero-order valence-corrected chi connectivity index (χ0v) is 15.1. The van der Waals surface area contributed by atoms with E-state index < -0.39 is 0 Å². The molecule has 2 atom stereocenters. The largest absolute Gasteiger partial charge is 0.373 e. The van der Waals surface area contributed by atoms with E-state index in [1.165, 1.54) is 6.07 Å². The number of carbonyl (C=O) groups is 1. The van der Waals surface area contributed by atoms with Crippen LogP contribution < -0.4 is 5.32 Å². The quantitative estimate of drug-likeness (QED) is 0.859. The number of nitrogens with zero attached hydrogens (tertiary/aromatic N) is 2. The third-order valence-electron chi connectivity index (χ3n) is 4.75. The van der Waals surface area contributed by atoms with Crippen LogP contribution in [0.4, 0.5) is 9.18 Å². The fourth-order valence-corrected chi connectivity index (χ4v) is 3.45. The van der Waals surface area contributed by atoms with Gasteiger partial charge in [-0.1, -0.05) is 18.2 Å². The molecule has 1 aromatic rings. The Bertz CT molecular complexity index is 584. The van der Waals surface area contributed by atoms with Crippen LogP contribution >= 0.6 is 0 Å². The molecule has 1 saturated heterocycles. The van der Waals surface area contributed by atoms with Gasteiger partial charge in [0.05, 0.1) is 18.8 Å². The number of hydrogen-bond acceptors (Lipinski definition) is 3. The van der Waals surface area contributed by atoms with Gasteiger partial charge in [0, 0.05) is 37.8 Å². The van der Waals surface area contributed by atoms with E-state index in [9.17, 15) is 9.18 Å². The summed E-state index contributed by atoms with van der Waals surface area (Å²) in [7, 11) is 0. The lowest BCUT2D eigenvalue weighted by Crippen LogP contribution is -2.49. The Morgan fingerprint density at radius 2 is 1.96 bits per heavy atom. The highest BCUT2D eigenvalue weighted by atomic mass is 19.1. The molecule has 0 spiro atoms. The molecule has 5 nitrogen and oxygen atoms in total. The second-order valence-electron chi connectivity index (χ2n) is 7.20. The van der Waals surface area contributed by atoms with Crippen LogP contribution in [-0.2, 0) is 11.3 Å². The molecule has 1 aromatic carbocycles. The molecule has 2 fully saturated rings. The summed E-state index contributed by atoms with van der Waals surface area (Å²) in [5, 5.41) is 3.00. The van der Waals surface area contributed by atoms with Gasteiger partial charge >= 0.3 is 6.03 Å². The summed E-state index contributed by atoms with van der Waals surface area (Å²) in [5.41, 5.74) is 0.570. The van der Waals surface area contributed by atoms with Crippen molar-refractivity contribution in [1.29, 1.82) is 0 Å². The molecule has 138 valence electrons. The molecule has 0 aromatic heterocycles. The van der Waals surface area contributed by atoms with E-state index in [0.29, 0.717) is 18.7 Å². The fraction of sp³-hybridized carbons (Fsp3) is 0.632. The van der Waals surface area contributed by atoms with E-state index in [4.69, 9.17) is 4.74 Å². The first-order valence-corrected chi connectivity index (χ1v) is 9.18. The number of carbonyl (C=O) groups excluding carboxylic acids is 1. The normalized spacial score (nSPS) is 24.1. The molecular weight excluding hydrogens is 321 g/mol. The summed E-state index contributed by atoms with van der Waals surface area (Å²) >= 11 is 0. The first-order valence-electron chi connectivity index (χ1n) is 9.18. The van der Waals surface area contributed by atoms with Crippen LogP contribution in [0.1, 0.15) is 32.3 Å². The summed E-state index contributed by atoms with van der Waals surface area (Å²) in [6, 6.07) is 6.81. The van der Waals surface area contributed by atoms with Crippen LogP contribution in [0, 0.1) is 5.82 Å². The molecule has 3 rings (SSSR count). The number of urea groups is 1. The molecule has 2 unspecified atom stereocenters. The van der Waals surface area contributed by atoms with E-state index in [1.54, 1.807) is 17.0 Å². The van der Waals surface area contributed by atoms with Crippen molar-refractivity contribution in [3.63, 3.8) is 0 Å². The maximum Gasteiger partial charge on any atom is 0.317 e. The Morgan fingerprint density at radius 3 is 2.60 bits per heavy atom. The van der Waals surface area contributed by atoms with Gasteiger partial charge in [-0.25, -0.2) is 9.18 Å². The number of rotatable bonds is 6. The zero-order valence-electron chi connectivity index (χ0n) is 15.1. The summed E-state index contributed by atoms with van der Waals surface area (Å²) in [5.74, 6) is -0.253. The van der Waals surface area contributed by atoms with Gasteiger partial charge in [-0.2, -0.15) is 0 Å². The van der Waals surface area contributed by atoms with E-state index in [0.717, 1.165) is 32.5 Å². The van der Waals surface area contributed by atoms with Gasteiger partial charge in [-0.05, 0) is 32.8 Å². The maximum atomic E-state index is 13.9. The van der Waals surface area contributed by atoms with Crippen molar-refractivity contribution < 1.29 is 13.9 Å². The molecule has 2 amide bonds. The summed E-state index contributed by atoms with van der Waals surface area (Å²) in [6.45, 7) is 7.66. The highest BCUT2D eigenvalue weighted by Gasteiger charge is 2.33. The minimum atomic E-state index is -0.253. The number of morpholine rings is 1. The Kier molecular flexibility index (Phi) is 5.91. The minimum absolute atomic E-state index is 0.0971. The van der Waals surface area contributed by atoms with E-state index >= 15 is 0 Å². The highest BCUT2D eigenvalue weighted by Crippen LogP contribution is 2.28. The Hall–Kier alpha value is -1.66. The molecule has 1 heterocycles. The van der Waals surface area contributed by atoms with Crippen molar-refractivity contribution in [2.75, 3.05) is 26.2 Å². The van der Waals surface area contributed by atoms with E-state index in [2.05, 4.69) is 24.1 Å². The van der Waals surface area contributed by atoms with Gasteiger partial charge in [-0.3, -0.25) is 4.90 Å². The van der Waals surface area contributed by atoms with Gasteiger partial charge in [0.15, 0.2) is 0 Å². The average Bonchev–Trinajstić information content (AvgIpc) is 3.38. The molecule has 2 aliphatic rings. The first-order chi connectivity index (χ1) is 12.0. The van der Waals surface area contributed by atoms with Gasteiger partial charge in [0.25, 0.3) is 0 Å². The molecule has 6 heteroatoms. The third-order valence-corrected chi connectivity index (χ3v) is 4.75. The molecule has 1 aliphatic heterocycles. The smallest absolute Gasteiger partial charge is 0.317 e. The standard InChI is InChI=1S/C19H28FN3O2/c1-14-11-22(12-15(2)25-14)10-9-21-19(24)23(17-7-8-17)13-16-5-3-4-6-18(16)20/h3-6,14-15,17H,7-13H2,1-2H3,(H,21,24). The summed E-state index contributed by atoms with van der Waals surface area (Å²) in [6.07, 6.45) is 2.45. The van der Waals surface area contributed by atoms with Crippen LogP contribution in [0.5, 0.6) is 0 Å². The van der Waals surface area contributed by atoms with Crippen molar-refractivity contribution in [3.05, 3.63) is 35.6 Å². The summed E-state index contributed by atoms with van der Waals surface area (Å²) in [4.78, 5) is 16.6. The third kappa shape index (κ3) is 5.16. The predicted molar refractivity (Wildman–Crippen MR) is 94.8 cm³/mol. The molecule has 0 bridgehead atoms. The fourth-order valence-electron chi connectivity index (χ4n) is 3.45. The highest BCUT2D eigenvalue weighted by molar-refractivity contribution is 5.75. The van der Waals surface area contributed by atoms with Crippen LogP contribution in [0.2, 0.25) is 0 Å². The average molecular weight is 349 g/mol. The van der Waals surface area contributed by atoms with Crippen LogP contribution in [-0.4, -0.2) is 60.3 Å². The van der Waals surface area contributed by atoms with Gasteiger partial charge in [0.2, 0.25) is 0 Å². The van der Waals surface area contributed by atoms with Crippen molar-refractivity contribution >= 4 is 6.03 Å². The number of ether oxygens (including phenoxy) is 1. The lowest BCUT2D eigenvalue weighted by atomic mass is 10.2. The van der Waals surface area contributed by atoms with Gasteiger partial charge in [-0.15, -0.1) is 0 Å². The molecule has 1 saturated carbocycles. The topological polar surface area (TPSA) is 44.8 Å². The van der Waals surface area contributed by atoms with Gasteiger partial charge < -0.3 is 15.0 Å². The number of amides is 2. The zero-order chi connectivity index (χ0) is 17.8. The first kappa shape index (κ1) is 18.1. The molecule has 1 N–H and O–H groups in total. The second-order valence-corrected chi connectivity index (χ2v) is 7.20.